The van der Waals surface area contributed by atoms with Gasteiger partial charge in [0.05, 0.1) is 22.8 Å². The predicted molar refractivity (Wildman–Crippen MR) is 134 cm³/mol. The number of hydrogen-bond acceptors (Lipinski definition) is 5. The van der Waals surface area contributed by atoms with Gasteiger partial charge < -0.3 is 10.3 Å². The molecule has 0 saturated heterocycles. The van der Waals surface area contributed by atoms with Gasteiger partial charge in [-0.15, -0.1) is 24.8 Å². The number of fused-ring (bicyclic) bond motifs is 1. The zero-order valence-electron chi connectivity index (χ0n) is 18.6. The molecule has 0 bridgehead atoms. The maximum atomic E-state index is 14.4. The Labute approximate surface area is 206 Å². The van der Waals surface area contributed by atoms with Crippen molar-refractivity contribution in [2.75, 3.05) is 6.54 Å². The van der Waals surface area contributed by atoms with Gasteiger partial charge in [0.15, 0.2) is 14.9 Å². The highest BCUT2D eigenvalue weighted by atomic mass is 35.5. The summed E-state index contributed by atoms with van der Waals surface area (Å²) in [7, 11) is -3.31. The van der Waals surface area contributed by atoms with Crippen LogP contribution in [0.25, 0.3) is 11.0 Å². The largest absolute Gasteiger partial charge is 0.336 e. The normalized spacial score (nSPS) is 14.3. The molecule has 3 aromatic heterocycles. The molecule has 0 spiro atoms. The Morgan fingerprint density at radius 1 is 1.24 bits per heavy atom. The summed E-state index contributed by atoms with van der Waals surface area (Å²) in [5.74, 6) is -0.148. The summed E-state index contributed by atoms with van der Waals surface area (Å²) < 4.78 is 41.2. The summed E-state index contributed by atoms with van der Waals surface area (Å²) in [4.78, 5) is 8.82. The summed E-state index contributed by atoms with van der Waals surface area (Å²) in [6, 6.07) is 7.19. The lowest BCUT2D eigenvalue weighted by molar-refractivity contribution is 0.544. The van der Waals surface area contributed by atoms with Crippen molar-refractivity contribution >= 4 is 45.7 Å². The Kier molecular flexibility index (Phi) is 9.04. The van der Waals surface area contributed by atoms with E-state index in [9.17, 15) is 12.8 Å². The SMILES string of the molecule is CC(C)c1c(Cc2ccc(S(=O)(=O)C3CC3)nc2)c2ncccc2n1C/C(F)=C/CN.Cl.Cl. The number of hydrogen-bond donors (Lipinski definition) is 1. The third-order valence-corrected chi connectivity index (χ3v) is 7.77. The Hall–Kier alpha value is -2.00. The average Bonchev–Trinajstić information content (AvgIpc) is 3.55. The van der Waals surface area contributed by atoms with Crippen LogP contribution in [-0.2, 0) is 22.8 Å². The Morgan fingerprint density at radius 2 is 1.97 bits per heavy atom. The summed E-state index contributed by atoms with van der Waals surface area (Å²) in [6.07, 6.45) is 6.70. The topological polar surface area (TPSA) is 90.9 Å². The first-order chi connectivity index (χ1) is 14.8. The van der Waals surface area contributed by atoms with Crippen molar-refractivity contribution in [3.8, 4) is 0 Å². The van der Waals surface area contributed by atoms with E-state index in [2.05, 4.69) is 23.8 Å². The molecular formula is C23H29Cl2FN4O2S. The zero-order valence-corrected chi connectivity index (χ0v) is 21.0. The van der Waals surface area contributed by atoms with Crippen molar-refractivity contribution in [1.82, 2.24) is 14.5 Å². The van der Waals surface area contributed by atoms with Gasteiger partial charge in [0.1, 0.15) is 5.83 Å². The molecule has 180 valence electrons. The van der Waals surface area contributed by atoms with Gasteiger partial charge in [-0.2, -0.15) is 0 Å². The van der Waals surface area contributed by atoms with Gasteiger partial charge in [0.25, 0.3) is 0 Å². The highest BCUT2D eigenvalue weighted by Crippen LogP contribution is 2.34. The maximum absolute atomic E-state index is 14.4. The van der Waals surface area contributed by atoms with Crippen LogP contribution in [0.5, 0.6) is 0 Å². The first kappa shape index (κ1) is 27.2. The number of pyridine rings is 2. The Balaban J connectivity index is 0.00000193. The van der Waals surface area contributed by atoms with E-state index < -0.39 is 9.84 Å². The summed E-state index contributed by atoms with van der Waals surface area (Å²) in [5.41, 5.74) is 10.1. The average molecular weight is 515 g/mol. The standard InChI is InChI=1S/C23H27FN4O2S.2ClH/c1-15(2)23-19(12-16-5-8-21(27-13-16)31(29,30)18-6-7-18)22-20(4-3-11-26-22)28(23)14-17(24)9-10-25;;/h3-5,8-9,11,13,15,18H,6-7,10,12,14,25H2,1-2H3;2*1H/b17-9-;;. The number of sulfone groups is 1. The van der Waals surface area contributed by atoms with Crippen LogP contribution in [0, 0.1) is 0 Å². The van der Waals surface area contributed by atoms with Gasteiger partial charge in [-0.1, -0.05) is 19.9 Å². The fourth-order valence-corrected chi connectivity index (χ4v) is 5.60. The predicted octanol–water partition coefficient (Wildman–Crippen LogP) is 4.74. The first-order valence-electron chi connectivity index (χ1n) is 10.5. The van der Waals surface area contributed by atoms with Crippen LogP contribution < -0.4 is 5.73 Å². The molecule has 33 heavy (non-hydrogen) atoms. The monoisotopic (exact) mass is 514 g/mol. The Bertz CT molecular complexity index is 1240. The summed E-state index contributed by atoms with van der Waals surface area (Å²) >= 11 is 0. The lowest BCUT2D eigenvalue weighted by atomic mass is 9.99. The van der Waals surface area contributed by atoms with Crippen molar-refractivity contribution in [2.45, 2.75) is 55.8 Å². The van der Waals surface area contributed by atoms with Crippen LogP contribution in [0.4, 0.5) is 4.39 Å². The molecule has 0 radical (unpaired) electrons. The summed E-state index contributed by atoms with van der Waals surface area (Å²) in [5, 5.41) is -0.144. The highest BCUT2D eigenvalue weighted by molar-refractivity contribution is 7.92. The third-order valence-electron chi connectivity index (χ3n) is 5.59. The van der Waals surface area contributed by atoms with E-state index in [-0.39, 0.29) is 59.9 Å². The van der Waals surface area contributed by atoms with E-state index in [0.717, 1.165) is 27.9 Å². The lowest BCUT2D eigenvalue weighted by Crippen LogP contribution is -2.10. The van der Waals surface area contributed by atoms with Gasteiger partial charge in [-0.05, 0) is 48.6 Å². The van der Waals surface area contributed by atoms with Crippen LogP contribution in [-0.4, -0.2) is 34.7 Å². The molecule has 3 aromatic rings. The van der Waals surface area contributed by atoms with Gasteiger partial charge >= 0.3 is 0 Å². The fraction of sp³-hybridized carbons (Fsp3) is 0.391. The van der Waals surface area contributed by atoms with Gasteiger partial charge in [0.2, 0.25) is 0 Å². The molecule has 3 heterocycles. The van der Waals surface area contributed by atoms with Crippen molar-refractivity contribution in [3.63, 3.8) is 0 Å². The molecular weight excluding hydrogens is 486 g/mol. The molecule has 0 amide bonds. The van der Waals surface area contributed by atoms with E-state index in [0.29, 0.717) is 19.3 Å². The van der Waals surface area contributed by atoms with Crippen LogP contribution in [0.3, 0.4) is 0 Å². The third kappa shape index (κ3) is 5.57. The minimum atomic E-state index is -3.31. The molecule has 4 rings (SSSR count). The van der Waals surface area contributed by atoms with Crippen LogP contribution in [0.15, 0.2) is 53.6 Å². The minimum absolute atomic E-state index is 0. The van der Waals surface area contributed by atoms with Crippen molar-refractivity contribution in [2.24, 2.45) is 5.73 Å². The minimum Gasteiger partial charge on any atom is -0.336 e. The maximum Gasteiger partial charge on any atom is 0.198 e. The van der Waals surface area contributed by atoms with Crippen molar-refractivity contribution < 1.29 is 12.8 Å². The second-order valence-electron chi connectivity index (χ2n) is 8.29. The first-order valence-corrected chi connectivity index (χ1v) is 12.1. The molecule has 1 saturated carbocycles. The van der Waals surface area contributed by atoms with Crippen molar-refractivity contribution in [3.05, 3.63) is 65.4 Å². The summed E-state index contributed by atoms with van der Waals surface area (Å²) in [6.45, 7) is 4.39. The van der Waals surface area contributed by atoms with E-state index in [1.807, 2.05) is 22.8 Å². The lowest BCUT2D eigenvalue weighted by Gasteiger charge is -2.15. The van der Waals surface area contributed by atoms with Crippen LogP contribution in [0.2, 0.25) is 0 Å². The van der Waals surface area contributed by atoms with E-state index in [4.69, 9.17) is 5.73 Å². The quantitative estimate of drug-likeness (QED) is 0.468. The van der Waals surface area contributed by atoms with Crippen LogP contribution >= 0.6 is 24.8 Å². The van der Waals surface area contributed by atoms with E-state index in [1.54, 1.807) is 18.5 Å². The second kappa shape index (κ2) is 11.0. The molecule has 1 fully saturated rings. The smallest absolute Gasteiger partial charge is 0.198 e. The zero-order chi connectivity index (χ0) is 22.2. The van der Waals surface area contributed by atoms with Crippen molar-refractivity contribution in [1.29, 1.82) is 0 Å². The number of allylic oxidation sites excluding steroid dienone is 1. The number of rotatable bonds is 8. The van der Waals surface area contributed by atoms with Crippen LogP contribution in [0.1, 0.15) is 49.4 Å². The van der Waals surface area contributed by atoms with Gasteiger partial charge in [-0.25, -0.2) is 17.8 Å². The fourth-order valence-electron chi connectivity index (χ4n) is 4.05. The van der Waals surface area contributed by atoms with E-state index >= 15 is 0 Å². The van der Waals surface area contributed by atoms with E-state index in [1.165, 1.54) is 6.08 Å². The Morgan fingerprint density at radius 3 is 2.55 bits per heavy atom. The highest BCUT2D eigenvalue weighted by Gasteiger charge is 2.37. The molecule has 0 aromatic carbocycles. The molecule has 0 aliphatic heterocycles. The second-order valence-corrected chi connectivity index (χ2v) is 10.5. The molecule has 10 heteroatoms. The molecule has 1 aliphatic rings. The molecule has 0 atom stereocenters. The molecule has 6 nitrogen and oxygen atoms in total. The molecule has 1 aliphatic carbocycles. The number of nitrogens with zero attached hydrogens (tertiary/aromatic N) is 3. The van der Waals surface area contributed by atoms with Gasteiger partial charge in [-0.3, -0.25) is 4.98 Å². The molecule has 0 unspecified atom stereocenters. The number of aromatic nitrogens is 3. The number of nitrogens with two attached hydrogens (primary N) is 1. The number of halogens is 3. The van der Waals surface area contributed by atoms with Gasteiger partial charge in [0, 0.05) is 36.6 Å². The molecule has 2 N–H and O–H groups in total.